The van der Waals surface area contributed by atoms with Gasteiger partial charge in [-0.25, -0.2) is 0 Å². The van der Waals surface area contributed by atoms with Crippen LogP contribution in [0.5, 0.6) is 0 Å². The number of anilines is 2. The molecule has 0 aliphatic carbocycles. The predicted molar refractivity (Wildman–Crippen MR) is 77.1 cm³/mol. The molecule has 0 saturated carbocycles. The minimum atomic E-state index is 0.326. The van der Waals surface area contributed by atoms with Crippen molar-refractivity contribution in [1.29, 1.82) is 0 Å². The average Bonchev–Trinajstić information content (AvgIpc) is 2.58. The summed E-state index contributed by atoms with van der Waals surface area (Å²) >= 11 is 5.27. The zero-order valence-electron chi connectivity index (χ0n) is 9.82. The van der Waals surface area contributed by atoms with Crippen LogP contribution in [0.4, 0.5) is 10.8 Å². The Hall–Kier alpha value is -0.0700. The summed E-state index contributed by atoms with van der Waals surface area (Å²) in [6, 6.07) is 0. The Balaban J connectivity index is 2.23. The SMILES string of the molecule is CSc1c(N)nsc1N1CCSC(C)(C)C1. The summed E-state index contributed by atoms with van der Waals surface area (Å²) in [7, 11) is 0. The fourth-order valence-electron chi connectivity index (χ4n) is 1.87. The molecule has 3 nitrogen and oxygen atoms in total. The highest BCUT2D eigenvalue weighted by atomic mass is 32.2. The van der Waals surface area contributed by atoms with E-state index in [1.165, 1.54) is 22.3 Å². The second-order valence-electron chi connectivity index (χ2n) is 4.44. The summed E-state index contributed by atoms with van der Waals surface area (Å²) in [5.41, 5.74) is 5.87. The standard InChI is InChI=1S/C10H17N3S3/c1-10(2)6-13(4-5-15-10)9-7(14-3)8(11)12-16-9/h4-6H2,1-3H3,(H2,11,12). The van der Waals surface area contributed by atoms with Crippen LogP contribution in [-0.2, 0) is 0 Å². The average molecular weight is 275 g/mol. The normalized spacial score (nSPS) is 20.1. The number of hydrogen-bond acceptors (Lipinski definition) is 6. The Morgan fingerprint density at radius 1 is 1.50 bits per heavy atom. The Morgan fingerprint density at radius 2 is 2.25 bits per heavy atom. The van der Waals surface area contributed by atoms with Crippen molar-refractivity contribution in [2.45, 2.75) is 23.5 Å². The highest BCUT2D eigenvalue weighted by molar-refractivity contribution is 8.00. The highest BCUT2D eigenvalue weighted by Gasteiger charge is 2.29. The first-order valence-corrected chi connectivity index (χ1v) is 8.20. The molecular weight excluding hydrogens is 258 g/mol. The Kier molecular flexibility index (Phi) is 3.61. The first kappa shape index (κ1) is 12.4. The van der Waals surface area contributed by atoms with E-state index >= 15 is 0 Å². The fourth-order valence-corrected chi connectivity index (χ4v) is 4.69. The molecule has 1 saturated heterocycles. The van der Waals surface area contributed by atoms with Crippen molar-refractivity contribution in [2.24, 2.45) is 0 Å². The number of aromatic nitrogens is 1. The topological polar surface area (TPSA) is 42.1 Å². The van der Waals surface area contributed by atoms with Gasteiger partial charge in [0, 0.05) is 23.6 Å². The van der Waals surface area contributed by atoms with E-state index in [2.05, 4.69) is 29.4 Å². The third-order valence-corrected chi connectivity index (χ3v) is 5.73. The lowest BCUT2D eigenvalue weighted by Gasteiger charge is -2.38. The molecule has 1 aromatic heterocycles. The zero-order chi connectivity index (χ0) is 11.8. The summed E-state index contributed by atoms with van der Waals surface area (Å²) in [6.45, 7) is 6.77. The zero-order valence-corrected chi connectivity index (χ0v) is 12.3. The van der Waals surface area contributed by atoms with E-state index < -0.39 is 0 Å². The van der Waals surface area contributed by atoms with Crippen molar-refractivity contribution in [2.75, 3.05) is 35.7 Å². The molecule has 0 bridgehead atoms. The Labute approximate surface area is 109 Å². The molecule has 6 heteroatoms. The largest absolute Gasteiger partial charge is 0.382 e. The van der Waals surface area contributed by atoms with Crippen LogP contribution in [0.1, 0.15) is 13.8 Å². The highest BCUT2D eigenvalue weighted by Crippen LogP contribution is 2.41. The molecule has 90 valence electrons. The molecule has 1 aromatic rings. The minimum Gasteiger partial charge on any atom is -0.382 e. The van der Waals surface area contributed by atoms with Gasteiger partial charge in [-0.1, -0.05) is 0 Å². The Morgan fingerprint density at radius 3 is 2.88 bits per heavy atom. The van der Waals surface area contributed by atoms with Crippen LogP contribution in [0.15, 0.2) is 4.90 Å². The molecule has 16 heavy (non-hydrogen) atoms. The summed E-state index contributed by atoms with van der Waals surface area (Å²) < 4.78 is 4.59. The van der Waals surface area contributed by atoms with Gasteiger partial charge >= 0.3 is 0 Å². The van der Waals surface area contributed by atoms with Gasteiger partial charge in [0.05, 0.1) is 4.90 Å². The first-order chi connectivity index (χ1) is 7.53. The van der Waals surface area contributed by atoms with Crippen LogP contribution in [0.2, 0.25) is 0 Å². The van der Waals surface area contributed by atoms with Crippen LogP contribution in [-0.4, -0.2) is 34.2 Å². The lowest BCUT2D eigenvalue weighted by Crippen LogP contribution is -2.43. The first-order valence-electron chi connectivity index (χ1n) is 5.21. The predicted octanol–water partition coefficient (Wildman–Crippen LogP) is 2.78. The lowest BCUT2D eigenvalue weighted by atomic mass is 10.2. The maximum atomic E-state index is 5.87. The van der Waals surface area contributed by atoms with E-state index in [1.807, 2.05) is 11.8 Å². The summed E-state index contributed by atoms with van der Waals surface area (Å²) in [4.78, 5) is 3.57. The molecule has 0 radical (unpaired) electrons. The Bertz CT molecular complexity index is 375. The number of rotatable bonds is 2. The minimum absolute atomic E-state index is 0.326. The van der Waals surface area contributed by atoms with Crippen LogP contribution in [0, 0.1) is 0 Å². The van der Waals surface area contributed by atoms with Crippen LogP contribution < -0.4 is 10.6 Å². The van der Waals surface area contributed by atoms with Gasteiger partial charge in [-0.2, -0.15) is 16.1 Å². The van der Waals surface area contributed by atoms with Gasteiger partial charge in [0.15, 0.2) is 5.82 Å². The summed E-state index contributed by atoms with van der Waals surface area (Å²) in [5.74, 6) is 1.86. The molecule has 0 spiro atoms. The maximum absolute atomic E-state index is 5.87. The van der Waals surface area contributed by atoms with Crippen molar-refractivity contribution in [3.8, 4) is 0 Å². The molecule has 2 heterocycles. The molecule has 1 fully saturated rings. The molecule has 0 atom stereocenters. The van der Waals surface area contributed by atoms with Gasteiger partial charge in [0.2, 0.25) is 0 Å². The number of thioether (sulfide) groups is 2. The number of nitrogens with two attached hydrogens (primary N) is 1. The van der Waals surface area contributed by atoms with E-state index in [4.69, 9.17) is 5.73 Å². The quantitative estimate of drug-likeness (QED) is 0.841. The number of hydrogen-bond donors (Lipinski definition) is 1. The third kappa shape index (κ3) is 2.43. The molecule has 0 aromatic carbocycles. The van der Waals surface area contributed by atoms with Gasteiger partial charge in [-0.05, 0) is 31.6 Å². The van der Waals surface area contributed by atoms with E-state index in [0.717, 1.165) is 18.0 Å². The van der Waals surface area contributed by atoms with Gasteiger partial charge in [-0.15, -0.1) is 11.8 Å². The molecule has 1 aliphatic heterocycles. The van der Waals surface area contributed by atoms with E-state index in [0.29, 0.717) is 10.6 Å². The molecular formula is C10H17N3S3. The van der Waals surface area contributed by atoms with E-state index in [9.17, 15) is 0 Å². The van der Waals surface area contributed by atoms with Crippen molar-refractivity contribution in [3.63, 3.8) is 0 Å². The van der Waals surface area contributed by atoms with Crippen LogP contribution in [0.3, 0.4) is 0 Å². The number of nitrogens with zero attached hydrogens (tertiary/aromatic N) is 2. The molecule has 0 unspecified atom stereocenters. The second-order valence-corrected chi connectivity index (χ2v) is 7.81. The number of nitrogen functional groups attached to an aromatic ring is 1. The van der Waals surface area contributed by atoms with Gasteiger partial charge in [0.25, 0.3) is 0 Å². The van der Waals surface area contributed by atoms with E-state index in [1.54, 1.807) is 11.8 Å². The second kappa shape index (κ2) is 4.66. The molecule has 0 amide bonds. The molecule has 2 rings (SSSR count). The van der Waals surface area contributed by atoms with Crippen LogP contribution in [0.25, 0.3) is 0 Å². The van der Waals surface area contributed by atoms with E-state index in [-0.39, 0.29) is 0 Å². The molecule has 1 aliphatic rings. The van der Waals surface area contributed by atoms with Crippen molar-refractivity contribution >= 4 is 45.9 Å². The van der Waals surface area contributed by atoms with Gasteiger partial charge < -0.3 is 10.6 Å². The monoisotopic (exact) mass is 275 g/mol. The van der Waals surface area contributed by atoms with Gasteiger partial charge in [-0.3, -0.25) is 0 Å². The maximum Gasteiger partial charge on any atom is 0.153 e. The van der Waals surface area contributed by atoms with Gasteiger partial charge in [0.1, 0.15) is 5.00 Å². The van der Waals surface area contributed by atoms with Crippen molar-refractivity contribution in [1.82, 2.24) is 4.37 Å². The molecule has 2 N–H and O–H groups in total. The van der Waals surface area contributed by atoms with Crippen molar-refractivity contribution < 1.29 is 0 Å². The van der Waals surface area contributed by atoms with Crippen LogP contribution >= 0.6 is 35.1 Å². The van der Waals surface area contributed by atoms with Crippen molar-refractivity contribution in [3.05, 3.63) is 0 Å². The fraction of sp³-hybridized carbons (Fsp3) is 0.700. The lowest BCUT2D eigenvalue weighted by molar-refractivity contribution is 0.648. The third-order valence-electron chi connectivity index (χ3n) is 2.57. The smallest absolute Gasteiger partial charge is 0.153 e. The summed E-state index contributed by atoms with van der Waals surface area (Å²) in [5, 5.41) is 1.25. The summed E-state index contributed by atoms with van der Waals surface area (Å²) in [6.07, 6.45) is 2.06.